The van der Waals surface area contributed by atoms with Crippen LogP contribution in [0.1, 0.15) is 10.5 Å². The standard InChI is InChI=1S/C17H13BrN2O2/c1-22-16-10-12(7-8-13(16)18)19-17(21)15-9-6-11-4-2-3-5-14(11)20-15/h2-10H,1H3,(H,19,21). The van der Waals surface area contributed by atoms with Gasteiger partial charge in [-0.25, -0.2) is 4.98 Å². The summed E-state index contributed by atoms with van der Waals surface area (Å²) < 4.78 is 6.05. The highest BCUT2D eigenvalue weighted by atomic mass is 79.9. The smallest absolute Gasteiger partial charge is 0.274 e. The topological polar surface area (TPSA) is 51.2 Å². The zero-order valence-corrected chi connectivity index (χ0v) is 13.4. The molecule has 1 amide bonds. The molecule has 0 aliphatic heterocycles. The van der Waals surface area contributed by atoms with Gasteiger partial charge in [-0.05, 0) is 40.2 Å². The number of pyridine rings is 1. The second-order valence-corrected chi connectivity index (χ2v) is 5.55. The predicted octanol–water partition coefficient (Wildman–Crippen LogP) is 4.26. The summed E-state index contributed by atoms with van der Waals surface area (Å²) in [7, 11) is 1.58. The molecule has 0 bridgehead atoms. The second-order valence-electron chi connectivity index (χ2n) is 4.69. The fourth-order valence-corrected chi connectivity index (χ4v) is 2.53. The Hall–Kier alpha value is -2.40. The van der Waals surface area contributed by atoms with E-state index < -0.39 is 0 Å². The van der Waals surface area contributed by atoms with Crippen molar-refractivity contribution in [1.82, 2.24) is 4.98 Å². The molecule has 0 radical (unpaired) electrons. The van der Waals surface area contributed by atoms with Crippen molar-refractivity contribution < 1.29 is 9.53 Å². The Morgan fingerprint density at radius 1 is 1.14 bits per heavy atom. The number of methoxy groups -OCH3 is 1. The van der Waals surface area contributed by atoms with Crippen LogP contribution >= 0.6 is 15.9 Å². The lowest BCUT2D eigenvalue weighted by Gasteiger charge is -2.08. The van der Waals surface area contributed by atoms with Crippen molar-refractivity contribution in [2.45, 2.75) is 0 Å². The Morgan fingerprint density at radius 2 is 1.95 bits per heavy atom. The minimum absolute atomic E-state index is 0.255. The first-order chi connectivity index (χ1) is 10.7. The summed E-state index contributed by atoms with van der Waals surface area (Å²) in [4.78, 5) is 16.7. The SMILES string of the molecule is COc1cc(NC(=O)c2ccc3ccccc3n2)ccc1Br. The molecule has 22 heavy (non-hydrogen) atoms. The molecule has 0 aliphatic carbocycles. The fraction of sp³-hybridized carbons (Fsp3) is 0.0588. The first-order valence-electron chi connectivity index (χ1n) is 6.68. The van der Waals surface area contributed by atoms with Crippen molar-refractivity contribution in [2.24, 2.45) is 0 Å². The van der Waals surface area contributed by atoms with Crippen LogP contribution in [0.3, 0.4) is 0 Å². The highest BCUT2D eigenvalue weighted by molar-refractivity contribution is 9.10. The zero-order valence-electron chi connectivity index (χ0n) is 11.8. The van der Waals surface area contributed by atoms with Crippen molar-refractivity contribution in [1.29, 1.82) is 0 Å². The Labute approximate surface area is 136 Å². The number of amides is 1. The predicted molar refractivity (Wildman–Crippen MR) is 90.4 cm³/mol. The number of ether oxygens (including phenoxy) is 1. The summed E-state index contributed by atoms with van der Waals surface area (Å²) in [6.07, 6.45) is 0. The molecule has 0 unspecified atom stereocenters. The molecule has 0 saturated heterocycles. The maximum atomic E-state index is 12.3. The van der Waals surface area contributed by atoms with Gasteiger partial charge in [0.05, 0.1) is 17.1 Å². The third-order valence-corrected chi connectivity index (χ3v) is 3.90. The summed E-state index contributed by atoms with van der Waals surface area (Å²) in [5.41, 5.74) is 1.82. The third kappa shape index (κ3) is 2.94. The molecule has 2 aromatic carbocycles. The number of carbonyl (C=O) groups is 1. The number of aromatic nitrogens is 1. The molecule has 3 rings (SSSR count). The van der Waals surface area contributed by atoms with E-state index in [1.54, 1.807) is 25.3 Å². The van der Waals surface area contributed by atoms with Crippen molar-refractivity contribution in [3.8, 4) is 5.75 Å². The zero-order chi connectivity index (χ0) is 15.5. The molecule has 0 fully saturated rings. The first-order valence-corrected chi connectivity index (χ1v) is 7.47. The lowest BCUT2D eigenvalue weighted by Crippen LogP contribution is -2.13. The number of rotatable bonds is 3. The van der Waals surface area contributed by atoms with Gasteiger partial charge >= 0.3 is 0 Å². The van der Waals surface area contributed by atoms with Crippen molar-refractivity contribution >= 4 is 38.4 Å². The van der Waals surface area contributed by atoms with Crippen LogP contribution in [0.25, 0.3) is 10.9 Å². The molecule has 0 saturated carbocycles. The van der Waals surface area contributed by atoms with Crippen LogP contribution in [0.2, 0.25) is 0 Å². The molecule has 0 atom stereocenters. The number of nitrogens with one attached hydrogen (secondary N) is 1. The largest absolute Gasteiger partial charge is 0.495 e. The van der Waals surface area contributed by atoms with E-state index in [1.807, 2.05) is 36.4 Å². The lowest BCUT2D eigenvalue weighted by molar-refractivity contribution is 0.102. The quantitative estimate of drug-likeness (QED) is 0.762. The fourth-order valence-electron chi connectivity index (χ4n) is 2.13. The summed E-state index contributed by atoms with van der Waals surface area (Å²) in [5, 5.41) is 3.83. The van der Waals surface area contributed by atoms with Crippen LogP contribution < -0.4 is 10.1 Å². The van der Waals surface area contributed by atoms with Gasteiger partial charge < -0.3 is 10.1 Å². The molecule has 1 heterocycles. The summed E-state index contributed by atoms with van der Waals surface area (Å²) >= 11 is 3.38. The Morgan fingerprint density at radius 3 is 2.77 bits per heavy atom. The van der Waals surface area contributed by atoms with Gasteiger partial charge in [0.2, 0.25) is 0 Å². The van der Waals surface area contributed by atoms with Crippen LogP contribution in [0.15, 0.2) is 59.1 Å². The van der Waals surface area contributed by atoms with Crippen molar-refractivity contribution in [2.75, 3.05) is 12.4 Å². The van der Waals surface area contributed by atoms with E-state index in [1.165, 1.54) is 0 Å². The van der Waals surface area contributed by atoms with Gasteiger partial charge in [0.25, 0.3) is 5.91 Å². The molecule has 5 heteroatoms. The summed E-state index contributed by atoms with van der Waals surface area (Å²) in [5.74, 6) is 0.402. The van der Waals surface area contributed by atoms with Crippen molar-refractivity contribution in [3.05, 3.63) is 64.8 Å². The summed E-state index contributed by atoms with van der Waals surface area (Å²) in [6, 6.07) is 16.7. The Bertz CT molecular complexity index is 849. The van der Waals surface area contributed by atoms with Gasteiger partial charge in [-0.2, -0.15) is 0 Å². The molecule has 0 aliphatic rings. The van der Waals surface area contributed by atoms with E-state index in [-0.39, 0.29) is 5.91 Å². The van der Waals surface area contributed by atoms with Crippen LogP contribution in [0.5, 0.6) is 5.75 Å². The Balaban J connectivity index is 1.86. The minimum atomic E-state index is -0.255. The van der Waals surface area contributed by atoms with Gasteiger partial charge in [0, 0.05) is 17.1 Å². The first kappa shape index (κ1) is 14.5. The van der Waals surface area contributed by atoms with Crippen molar-refractivity contribution in [3.63, 3.8) is 0 Å². The molecule has 0 spiro atoms. The number of hydrogen-bond acceptors (Lipinski definition) is 3. The second kappa shape index (κ2) is 6.15. The van der Waals surface area contributed by atoms with Gasteiger partial charge in [-0.15, -0.1) is 0 Å². The number of carbonyl (C=O) groups excluding carboxylic acids is 1. The molecule has 110 valence electrons. The van der Waals surface area contributed by atoms with Crippen LogP contribution in [0.4, 0.5) is 5.69 Å². The highest BCUT2D eigenvalue weighted by Gasteiger charge is 2.10. The molecule has 3 aromatic rings. The maximum absolute atomic E-state index is 12.3. The van der Waals surface area contributed by atoms with E-state index >= 15 is 0 Å². The van der Waals surface area contributed by atoms with E-state index in [2.05, 4.69) is 26.2 Å². The number of benzene rings is 2. The van der Waals surface area contributed by atoms with E-state index in [9.17, 15) is 4.79 Å². The normalized spacial score (nSPS) is 10.5. The molecule has 4 nitrogen and oxygen atoms in total. The molecule has 1 N–H and O–H groups in total. The molecular weight excluding hydrogens is 344 g/mol. The van der Waals surface area contributed by atoms with Gasteiger partial charge in [0.1, 0.15) is 11.4 Å². The number of fused-ring (bicyclic) bond motifs is 1. The molecule has 1 aromatic heterocycles. The van der Waals surface area contributed by atoms with Gasteiger partial charge in [0.15, 0.2) is 0 Å². The van der Waals surface area contributed by atoms with Crippen LogP contribution in [-0.2, 0) is 0 Å². The van der Waals surface area contributed by atoms with E-state index in [0.29, 0.717) is 17.1 Å². The highest BCUT2D eigenvalue weighted by Crippen LogP contribution is 2.28. The average molecular weight is 357 g/mol. The number of nitrogens with zero attached hydrogens (tertiary/aromatic N) is 1. The van der Waals surface area contributed by atoms with Crippen LogP contribution in [-0.4, -0.2) is 18.0 Å². The average Bonchev–Trinajstić information content (AvgIpc) is 2.56. The number of halogens is 1. The number of hydrogen-bond donors (Lipinski definition) is 1. The minimum Gasteiger partial charge on any atom is -0.495 e. The monoisotopic (exact) mass is 356 g/mol. The number of para-hydroxylation sites is 1. The Kier molecular flexibility index (Phi) is 4.06. The number of anilines is 1. The van der Waals surface area contributed by atoms with E-state index in [0.717, 1.165) is 15.4 Å². The lowest BCUT2D eigenvalue weighted by atomic mass is 10.2. The summed E-state index contributed by atoms with van der Waals surface area (Å²) in [6.45, 7) is 0. The van der Waals surface area contributed by atoms with Gasteiger partial charge in [-0.3, -0.25) is 4.79 Å². The van der Waals surface area contributed by atoms with Crippen LogP contribution in [0, 0.1) is 0 Å². The third-order valence-electron chi connectivity index (χ3n) is 3.24. The maximum Gasteiger partial charge on any atom is 0.274 e. The van der Waals surface area contributed by atoms with Gasteiger partial charge in [-0.1, -0.05) is 24.3 Å². The van der Waals surface area contributed by atoms with E-state index in [4.69, 9.17) is 4.74 Å². The molecular formula is C17H13BrN2O2.